The van der Waals surface area contributed by atoms with E-state index < -0.39 is 0 Å². The summed E-state index contributed by atoms with van der Waals surface area (Å²) in [4.78, 5) is 0. The number of methoxy groups -OCH3 is 1. The van der Waals surface area contributed by atoms with Crippen molar-refractivity contribution in [3.63, 3.8) is 0 Å². The molecule has 1 aromatic carbocycles. The van der Waals surface area contributed by atoms with Crippen LogP contribution in [0, 0.1) is 0 Å². The number of thiophene rings is 1. The first kappa shape index (κ1) is 13.9. The smallest absolute Gasteiger partial charge is 0.161 e. The van der Waals surface area contributed by atoms with Crippen molar-refractivity contribution in [3.05, 3.63) is 46.2 Å². The van der Waals surface area contributed by atoms with Gasteiger partial charge in [-0.05, 0) is 46.5 Å². The Morgan fingerprint density at radius 2 is 2.00 bits per heavy atom. The molecule has 0 saturated heterocycles. The van der Waals surface area contributed by atoms with Crippen molar-refractivity contribution in [2.75, 3.05) is 20.3 Å². The Labute approximate surface area is 117 Å². The van der Waals surface area contributed by atoms with Crippen molar-refractivity contribution in [1.29, 1.82) is 0 Å². The summed E-state index contributed by atoms with van der Waals surface area (Å²) in [6, 6.07) is 7.86. The first-order valence-electron chi connectivity index (χ1n) is 6.25. The highest BCUT2D eigenvalue weighted by Gasteiger charge is 2.06. The van der Waals surface area contributed by atoms with E-state index in [9.17, 15) is 0 Å². The van der Waals surface area contributed by atoms with Gasteiger partial charge in [0.05, 0.1) is 13.7 Å². The fraction of sp³-hybridized carbons (Fsp3) is 0.333. The molecule has 0 unspecified atom stereocenters. The number of aliphatic hydroxyl groups is 1. The van der Waals surface area contributed by atoms with Gasteiger partial charge in [-0.15, -0.1) is 0 Å². The van der Waals surface area contributed by atoms with E-state index in [-0.39, 0.29) is 6.61 Å². The lowest BCUT2D eigenvalue weighted by Crippen LogP contribution is -2.03. The predicted molar refractivity (Wildman–Crippen MR) is 77.3 cm³/mol. The molecule has 0 amide bonds. The monoisotopic (exact) mass is 278 g/mol. The van der Waals surface area contributed by atoms with Gasteiger partial charge in [0.25, 0.3) is 0 Å². The summed E-state index contributed by atoms with van der Waals surface area (Å²) >= 11 is 1.69. The summed E-state index contributed by atoms with van der Waals surface area (Å²) in [6.45, 7) is 0.760. The molecule has 2 rings (SSSR count). The minimum Gasteiger partial charge on any atom is -0.493 e. The highest BCUT2D eigenvalue weighted by molar-refractivity contribution is 7.07. The molecule has 2 aromatic rings. The van der Waals surface area contributed by atoms with Crippen molar-refractivity contribution >= 4 is 11.3 Å². The molecule has 0 saturated carbocycles. The highest BCUT2D eigenvalue weighted by Crippen LogP contribution is 2.28. The zero-order valence-electron chi connectivity index (χ0n) is 11.0. The third-order valence-electron chi connectivity index (χ3n) is 2.86. The predicted octanol–water partition coefficient (Wildman–Crippen LogP) is 2.91. The molecular formula is C15H18O3S. The Hall–Kier alpha value is -1.52. The van der Waals surface area contributed by atoms with Crippen LogP contribution in [0.1, 0.15) is 11.1 Å². The average molecular weight is 278 g/mol. The third kappa shape index (κ3) is 3.98. The molecule has 1 heterocycles. The fourth-order valence-corrected chi connectivity index (χ4v) is 2.54. The number of aliphatic hydroxyl groups excluding tert-OH is 1. The maximum atomic E-state index is 8.97. The van der Waals surface area contributed by atoms with E-state index in [0.29, 0.717) is 13.0 Å². The topological polar surface area (TPSA) is 38.7 Å². The van der Waals surface area contributed by atoms with Gasteiger partial charge in [-0.25, -0.2) is 0 Å². The van der Waals surface area contributed by atoms with Crippen molar-refractivity contribution in [3.8, 4) is 11.5 Å². The molecule has 0 fully saturated rings. The molecule has 4 heteroatoms. The van der Waals surface area contributed by atoms with Gasteiger partial charge in [-0.1, -0.05) is 6.07 Å². The SMILES string of the molecule is COc1ccc(CCO)cc1OCCc1ccsc1. The van der Waals surface area contributed by atoms with E-state index in [1.54, 1.807) is 18.4 Å². The van der Waals surface area contributed by atoms with E-state index in [1.807, 2.05) is 18.2 Å². The van der Waals surface area contributed by atoms with Gasteiger partial charge < -0.3 is 14.6 Å². The molecule has 0 atom stereocenters. The molecule has 0 aliphatic carbocycles. The third-order valence-corrected chi connectivity index (χ3v) is 3.59. The highest BCUT2D eigenvalue weighted by atomic mass is 32.1. The Bertz CT molecular complexity index is 494. The van der Waals surface area contributed by atoms with E-state index >= 15 is 0 Å². The van der Waals surface area contributed by atoms with Crippen LogP contribution < -0.4 is 9.47 Å². The van der Waals surface area contributed by atoms with Crippen molar-refractivity contribution < 1.29 is 14.6 Å². The summed E-state index contributed by atoms with van der Waals surface area (Å²) in [6.07, 6.45) is 1.52. The summed E-state index contributed by atoms with van der Waals surface area (Å²) in [5.41, 5.74) is 2.34. The van der Waals surface area contributed by atoms with Gasteiger partial charge in [-0.3, -0.25) is 0 Å². The molecular weight excluding hydrogens is 260 g/mol. The van der Waals surface area contributed by atoms with Crippen molar-refractivity contribution in [2.45, 2.75) is 12.8 Å². The van der Waals surface area contributed by atoms with E-state index in [1.165, 1.54) is 5.56 Å². The van der Waals surface area contributed by atoms with E-state index in [2.05, 4.69) is 16.8 Å². The van der Waals surface area contributed by atoms with Gasteiger partial charge in [0.15, 0.2) is 11.5 Å². The van der Waals surface area contributed by atoms with Gasteiger partial charge in [0.1, 0.15) is 0 Å². The van der Waals surface area contributed by atoms with Crippen molar-refractivity contribution in [1.82, 2.24) is 0 Å². The van der Waals surface area contributed by atoms with E-state index in [4.69, 9.17) is 14.6 Å². The van der Waals surface area contributed by atoms with Crippen LogP contribution in [0.15, 0.2) is 35.0 Å². The number of hydrogen-bond acceptors (Lipinski definition) is 4. The molecule has 3 nitrogen and oxygen atoms in total. The lowest BCUT2D eigenvalue weighted by Gasteiger charge is -2.12. The minimum atomic E-state index is 0.140. The second kappa shape index (κ2) is 7.16. The number of ether oxygens (including phenoxy) is 2. The quantitative estimate of drug-likeness (QED) is 0.846. The minimum absolute atomic E-state index is 0.140. The average Bonchev–Trinajstić information content (AvgIpc) is 2.93. The Balaban J connectivity index is 1.98. The van der Waals surface area contributed by atoms with E-state index in [0.717, 1.165) is 23.5 Å². The van der Waals surface area contributed by atoms with Gasteiger partial charge in [-0.2, -0.15) is 11.3 Å². The molecule has 0 aliphatic rings. The molecule has 1 aromatic heterocycles. The second-order valence-corrected chi connectivity index (χ2v) is 4.97. The van der Waals surface area contributed by atoms with Crippen LogP contribution in [0.2, 0.25) is 0 Å². The standard InChI is InChI=1S/C15H18O3S/c1-17-14-3-2-12(4-7-16)10-15(14)18-8-5-13-6-9-19-11-13/h2-3,6,9-11,16H,4-5,7-8H2,1H3. The number of rotatable bonds is 7. The molecule has 0 aliphatic heterocycles. The lowest BCUT2D eigenvalue weighted by atomic mass is 10.1. The van der Waals surface area contributed by atoms with Gasteiger partial charge in [0, 0.05) is 13.0 Å². The second-order valence-electron chi connectivity index (χ2n) is 4.19. The molecule has 0 bridgehead atoms. The van der Waals surface area contributed by atoms with Crippen LogP contribution in [0.4, 0.5) is 0 Å². The van der Waals surface area contributed by atoms with Crippen LogP contribution in [-0.4, -0.2) is 25.4 Å². The van der Waals surface area contributed by atoms with Gasteiger partial charge >= 0.3 is 0 Å². The zero-order valence-corrected chi connectivity index (χ0v) is 11.8. The normalized spacial score (nSPS) is 10.4. The maximum Gasteiger partial charge on any atom is 0.161 e. The Morgan fingerprint density at radius 3 is 2.68 bits per heavy atom. The lowest BCUT2D eigenvalue weighted by molar-refractivity contribution is 0.292. The van der Waals surface area contributed by atoms with Crippen LogP contribution in [0.5, 0.6) is 11.5 Å². The molecule has 0 spiro atoms. The Kier molecular flexibility index (Phi) is 5.24. The summed E-state index contributed by atoms with van der Waals surface area (Å²) in [7, 11) is 1.63. The van der Waals surface area contributed by atoms with Crippen LogP contribution in [0.25, 0.3) is 0 Å². The number of benzene rings is 1. The Morgan fingerprint density at radius 1 is 1.11 bits per heavy atom. The molecule has 0 radical (unpaired) electrons. The van der Waals surface area contributed by atoms with Crippen molar-refractivity contribution in [2.24, 2.45) is 0 Å². The first-order valence-corrected chi connectivity index (χ1v) is 7.19. The molecule has 1 N–H and O–H groups in total. The van der Waals surface area contributed by atoms with Crippen LogP contribution in [-0.2, 0) is 12.8 Å². The fourth-order valence-electron chi connectivity index (χ4n) is 1.83. The summed E-state index contributed by atoms with van der Waals surface area (Å²) < 4.78 is 11.1. The summed E-state index contributed by atoms with van der Waals surface area (Å²) in [5, 5.41) is 13.2. The largest absolute Gasteiger partial charge is 0.493 e. The van der Waals surface area contributed by atoms with Crippen LogP contribution >= 0.6 is 11.3 Å². The molecule has 102 valence electrons. The summed E-state index contributed by atoms with van der Waals surface area (Å²) in [5.74, 6) is 1.47. The van der Waals surface area contributed by atoms with Gasteiger partial charge in [0.2, 0.25) is 0 Å². The zero-order chi connectivity index (χ0) is 13.5. The molecule has 19 heavy (non-hydrogen) atoms. The van der Waals surface area contributed by atoms with Crippen LogP contribution in [0.3, 0.4) is 0 Å². The first-order chi connectivity index (χ1) is 9.33. The number of hydrogen-bond donors (Lipinski definition) is 1. The maximum absolute atomic E-state index is 8.97.